The van der Waals surface area contributed by atoms with Gasteiger partial charge in [-0.25, -0.2) is 4.79 Å². The average molecular weight is 433 g/mol. The molecule has 1 atom stereocenters. The smallest absolute Gasteiger partial charge is 0.322 e. The van der Waals surface area contributed by atoms with Gasteiger partial charge in [-0.1, -0.05) is 64.8 Å². The van der Waals surface area contributed by atoms with Crippen LogP contribution in [0.4, 0.5) is 4.79 Å². The summed E-state index contributed by atoms with van der Waals surface area (Å²) in [6.45, 7) is 7.11. The summed E-state index contributed by atoms with van der Waals surface area (Å²) in [5.74, 6) is 0.922. The van der Waals surface area contributed by atoms with Crippen molar-refractivity contribution in [2.75, 3.05) is 20.3 Å². The molecular weight excluding hydrogens is 404 g/mol. The summed E-state index contributed by atoms with van der Waals surface area (Å²) in [6, 6.07) is 15.6. The molecule has 4 rings (SSSR count). The van der Waals surface area contributed by atoms with E-state index in [4.69, 9.17) is 14.2 Å². The van der Waals surface area contributed by atoms with Crippen LogP contribution in [-0.4, -0.2) is 41.3 Å². The minimum atomic E-state index is -0.381. The summed E-state index contributed by atoms with van der Waals surface area (Å²) in [5.41, 5.74) is 5.76. The van der Waals surface area contributed by atoms with Crippen LogP contribution in [0.5, 0.6) is 0 Å². The highest BCUT2D eigenvalue weighted by atomic mass is 16.5. The van der Waals surface area contributed by atoms with Gasteiger partial charge in [0.2, 0.25) is 5.82 Å². The van der Waals surface area contributed by atoms with Gasteiger partial charge in [-0.2, -0.15) is 4.98 Å². The van der Waals surface area contributed by atoms with Gasteiger partial charge in [0.05, 0.1) is 11.6 Å². The van der Waals surface area contributed by atoms with Crippen molar-refractivity contribution in [1.82, 2.24) is 20.4 Å². The minimum Gasteiger partial charge on any atom is -0.385 e. The number of hydrogen-bond donors (Lipinski definition) is 1. The number of benzene rings is 2. The molecule has 2 aromatic carbocycles. The van der Waals surface area contributed by atoms with Crippen LogP contribution in [0.3, 0.4) is 0 Å². The third-order valence-electron chi connectivity index (χ3n) is 5.70. The van der Waals surface area contributed by atoms with E-state index in [1.165, 1.54) is 0 Å². The summed E-state index contributed by atoms with van der Waals surface area (Å²) in [4.78, 5) is 19.4. The lowest BCUT2D eigenvalue weighted by atomic mass is 9.94. The highest BCUT2D eigenvalue weighted by molar-refractivity contribution is 5.86. The van der Waals surface area contributed by atoms with Crippen molar-refractivity contribution in [2.24, 2.45) is 0 Å². The number of carbonyl (C=O) groups excluding carboxylic acids is 1. The Morgan fingerprint density at radius 1 is 1.03 bits per heavy atom. The molecular formula is C25H28N4O3. The lowest BCUT2D eigenvalue weighted by Crippen LogP contribution is -2.46. The normalized spacial score (nSPS) is 16.4. The van der Waals surface area contributed by atoms with Crippen LogP contribution >= 0.6 is 0 Å². The van der Waals surface area contributed by atoms with E-state index in [2.05, 4.69) is 10.5 Å². The summed E-state index contributed by atoms with van der Waals surface area (Å²) in [5, 5.41) is 7.34. The minimum absolute atomic E-state index is 0.147. The van der Waals surface area contributed by atoms with Gasteiger partial charge in [-0.15, -0.1) is 0 Å². The number of allylic oxidation sites excluding steroid dienone is 1. The molecule has 32 heavy (non-hydrogen) atoms. The highest BCUT2D eigenvalue weighted by Gasteiger charge is 2.35. The number of hydrogen-bond acceptors (Lipinski definition) is 5. The van der Waals surface area contributed by atoms with Gasteiger partial charge in [0.1, 0.15) is 0 Å². The standard InChI is InChI=1S/C25H28N4O3/c1-16-6-10-19(11-7-16)22-21(18(3)29(25(30)26-22)14-5-15-31-4)24-27-23(28-32-24)20-12-8-17(2)9-13-20/h6-13,22H,5,14-15H2,1-4H3,(H,26,30). The van der Waals surface area contributed by atoms with Gasteiger partial charge >= 0.3 is 6.03 Å². The van der Waals surface area contributed by atoms with E-state index in [0.29, 0.717) is 24.9 Å². The zero-order valence-corrected chi connectivity index (χ0v) is 18.9. The van der Waals surface area contributed by atoms with E-state index in [0.717, 1.165) is 39.9 Å². The molecule has 7 heteroatoms. The predicted molar refractivity (Wildman–Crippen MR) is 123 cm³/mol. The quantitative estimate of drug-likeness (QED) is 0.538. The average Bonchev–Trinajstić information content (AvgIpc) is 3.26. The molecule has 1 aliphatic rings. The van der Waals surface area contributed by atoms with E-state index in [9.17, 15) is 4.79 Å². The first kappa shape index (κ1) is 21.8. The SMILES string of the molecule is COCCCN1C(=O)NC(c2ccc(C)cc2)C(c2nc(-c3ccc(C)cc3)no2)=C1C. The molecule has 166 valence electrons. The van der Waals surface area contributed by atoms with E-state index < -0.39 is 0 Å². The molecule has 1 aromatic heterocycles. The number of amides is 2. The molecule has 0 spiro atoms. The molecule has 1 unspecified atom stereocenters. The number of carbonyl (C=O) groups is 1. The van der Waals surface area contributed by atoms with Gasteiger partial charge in [-0.05, 0) is 32.8 Å². The highest BCUT2D eigenvalue weighted by Crippen LogP contribution is 2.37. The molecule has 0 bridgehead atoms. The molecule has 1 N–H and O–H groups in total. The van der Waals surface area contributed by atoms with Crippen molar-refractivity contribution in [1.29, 1.82) is 0 Å². The maximum absolute atomic E-state index is 13.0. The van der Waals surface area contributed by atoms with E-state index in [1.807, 2.05) is 69.3 Å². The van der Waals surface area contributed by atoms with E-state index in [-0.39, 0.29) is 12.1 Å². The van der Waals surface area contributed by atoms with Crippen LogP contribution in [0.25, 0.3) is 17.0 Å². The van der Waals surface area contributed by atoms with Gasteiger partial charge in [0.25, 0.3) is 5.89 Å². The summed E-state index contributed by atoms with van der Waals surface area (Å²) < 4.78 is 10.9. The number of nitrogens with zero attached hydrogens (tertiary/aromatic N) is 3. The number of methoxy groups -OCH3 is 1. The number of aryl methyl sites for hydroxylation is 2. The first-order valence-corrected chi connectivity index (χ1v) is 10.7. The van der Waals surface area contributed by atoms with Crippen LogP contribution in [0.2, 0.25) is 0 Å². The fraction of sp³-hybridized carbons (Fsp3) is 0.320. The van der Waals surface area contributed by atoms with Crippen molar-refractivity contribution in [3.8, 4) is 11.4 Å². The van der Waals surface area contributed by atoms with Crippen molar-refractivity contribution < 1.29 is 14.1 Å². The second-order valence-corrected chi connectivity index (χ2v) is 8.08. The van der Waals surface area contributed by atoms with Gasteiger partial charge in [0.15, 0.2) is 0 Å². The fourth-order valence-electron chi connectivity index (χ4n) is 3.86. The van der Waals surface area contributed by atoms with Crippen LogP contribution in [0.15, 0.2) is 58.8 Å². The molecule has 2 heterocycles. The lowest BCUT2D eigenvalue weighted by Gasteiger charge is -2.35. The Morgan fingerprint density at radius 2 is 1.69 bits per heavy atom. The number of rotatable bonds is 7. The topological polar surface area (TPSA) is 80.5 Å². The summed E-state index contributed by atoms with van der Waals surface area (Å²) >= 11 is 0. The summed E-state index contributed by atoms with van der Waals surface area (Å²) in [6.07, 6.45) is 0.724. The Bertz CT molecular complexity index is 1120. The maximum atomic E-state index is 13.0. The van der Waals surface area contributed by atoms with Crippen LogP contribution < -0.4 is 5.32 Å². The number of nitrogens with one attached hydrogen (secondary N) is 1. The first-order chi connectivity index (χ1) is 15.5. The van der Waals surface area contributed by atoms with Crippen molar-refractivity contribution >= 4 is 11.6 Å². The van der Waals surface area contributed by atoms with Crippen molar-refractivity contribution in [3.63, 3.8) is 0 Å². The lowest BCUT2D eigenvalue weighted by molar-refractivity contribution is 0.174. The molecule has 0 aliphatic carbocycles. The molecule has 7 nitrogen and oxygen atoms in total. The van der Waals surface area contributed by atoms with E-state index in [1.54, 1.807) is 12.0 Å². The maximum Gasteiger partial charge on any atom is 0.322 e. The third-order valence-corrected chi connectivity index (χ3v) is 5.70. The van der Waals surface area contributed by atoms with Crippen LogP contribution in [0, 0.1) is 13.8 Å². The molecule has 3 aromatic rings. The predicted octanol–water partition coefficient (Wildman–Crippen LogP) is 4.89. The Kier molecular flexibility index (Phi) is 6.37. The second-order valence-electron chi connectivity index (χ2n) is 8.08. The Labute approximate surface area is 188 Å². The molecule has 0 saturated carbocycles. The summed E-state index contributed by atoms with van der Waals surface area (Å²) in [7, 11) is 1.66. The number of urea groups is 1. The first-order valence-electron chi connectivity index (χ1n) is 10.7. The molecule has 1 aliphatic heterocycles. The van der Waals surface area contributed by atoms with Gasteiger partial charge in [-0.3, -0.25) is 4.90 Å². The zero-order valence-electron chi connectivity index (χ0n) is 18.9. The molecule has 0 saturated heterocycles. The molecule has 0 fully saturated rings. The third kappa shape index (κ3) is 4.43. The monoisotopic (exact) mass is 432 g/mol. The Hall–Kier alpha value is -3.45. The van der Waals surface area contributed by atoms with E-state index >= 15 is 0 Å². The molecule has 2 amide bonds. The van der Waals surface area contributed by atoms with Gasteiger partial charge in [0, 0.05) is 31.5 Å². The van der Waals surface area contributed by atoms with Crippen molar-refractivity contribution in [3.05, 3.63) is 76.8 Å². The van der Waals surface area contributed by atoms with Gasteiger partial charge < -0.3 is 14.6 Å². The number of ether oxygens (including phenoxy) is 1. The second kappa shape index (κ2) is 9.36. The Morgan fingerprint density at radius 3 is 2.34 bits per heavy atom. The van der Waals surface area contributed by atoms with Crippen LogP contribution in [0.1, 0.15) is 42.0 Å². The number of aromatic nitrogens is 2. The van der Waals surface area contributed by atoms with Crippen molar-refractivity contribution in [2.45, 2.75) is 33.2 Å². The van der Waals surface area contributed by atoms with Crippen LogP contribution in [-0.2, 0) is 4.74 Å². The Balaban J connectivity index is 1.76. The molecule has 0 radical (unpaired) electrons. The fourth-order valence-corrected chi connectivity index (χ4v) is 3.86. The zero-order chi connectivity index (χ0) is 22.7. The largest absolute Gasteiger partial charge is 0.385 e.